The number of hydrogen-bond donors (Lipinski definition) is 2. The molecule has 202 valence electrons. The molecule has 12 heteroatoms. The summed E-state index contributed by atoms with van der Waals surface area (Å²) in [6.07, 6.45) is -4.46. The van der Waals surface area contributed by atoms with E-state index < -0.39 is 64.5 Å². The first-order chi connectivity index (χ1) is 18.0. The topological polar surface area (TPSA) is 84.1 Å². The molecule has 2 N–H and O–H groups in total. The van der Waals surface area contributed by atoms with Gasteiger partial charge in [0.25, 0.3) is 5.56 Å². The van der Waals surface area contributed by atoms with Gasteiger partial charge in [-0.25, -0.2) is 18.2 Å². The summed E-state index contributed by atoms with van der Waals surface area (Å²) in [5.74, 6) is -4.75. The van der Waals surface area contributed by atoms with Crippen LogP contribution >= 0.6 is 0 Å². The zero-order valence-electron chi connectivity index (χ0n) is 20.1. The average Bonchev–Trinajstić information content (AvgIpc) is 2.83. The number of ether oxygens (including phenoxy) is 1. The largest absolute Gasteiger partial charge is 0.417 e. The van der Waals surface area contributed by atoms with Crippen molar-refractivity contribution in [3.05, 3.63) is 86.6 Å². The van der Waals surface area contributed by atoms with E-state index in [2.05, 4.69) is 15.3 Å². The van der Waals surface area contributed by atoms with Gasteiger partial charge in [-0.1, -0.05) is 25.1 Å². The van der Waals surface area contributed by atoms with Crippen LogP contribution < -0.4 is 10.9 Å². The fraction of sp³-hybridized carbons (Fsp3) is 0.346. The van der Waals surface area contributed by atoms with Crippen molar-refractivity contribution in [3.8, 4) is 11.4 Å². The summed E-state index contributed by atoms with van der Waals surface area (Å²) in [6, 6.07) is 6.44. The van der Waals surface area contributed by atoms with E-state index in [-0.39, 0.29) is 36.0 Å². The predicted molar refractivity (Wildman–Crippen MR) is 124 cm³/mol. The third-order valence-electron chi connectivity index (χ3n) is 6.35. The number of halogens is 6. The van der Waals surface area contributed by atoms with Crippen LogP contribution in [0.2, 0.25) is 0 Å². The molecule has 1 heterocycles. The third-order valence-corrected chi connectivity index (χ3v) is 6.35. The Morgan fingerprint density at radius 2 is 1.84 bits per heavy atom. The lowest BCUT2D eigenvalue weighted by atomic mass is 9.81. The zero-order valence-corrected chi connectivity index (χ0v) is 20.1. The highest BCUT2D eigenvalue weighted by molar-refractivity contribution is 5.79. The number of rotatable bonds is 8. The lowest BCUT2D eigenvalue weighted by Gasteiger charge is -2.34. The van der Waals surface area contributed by atoms with Gasteiger partial charge in [0.2, 0.25) is 5.91 Å². The summed E-state index contributed by atoms with van der Waals surface area (Å²) in [4.78, 5) is 30.5. The second kappa shape index (κ2) is 11.0. The summed E-state index contributed by atoms with van der Waals surface area (Å²) in [6.45, 7) is 1.08. The van der Waals surface area contributed by atoms with Crippen LogP contribution in [-0.2, 0) is 35.3 Å². The number of carbonyl (C=O) groups excluding carboxylic acids is 1. The van der Waals surface area contributed by atoms with Crippen LogP contribution in [0.4, 0.5) is 26.3 Å². The molecule has 1 amide bonds. The molecule has 0 atom stereocenters. The number of benzene rings is 2. The third kappa shape index (κ3) is 5.90. The Bertz CT molecular complexity index is 1400. The molecule has 0 spiro atoms. The highest BCUT2D eigenvalue weighted by Gasteiger charge is 2.38. The van der Waals surface area contributed by atoms with Crippen molar-refractivity contribution in [2.24, 2.45) is 5.92 Å². The molecule has 38 heavy (non-hydrogen) atoms. The second-order valence-electron chi connectivity index (χ2n) is 8.93. The van der Waals surface area contributed by atoms with E-state index in [1.165, 1.54) is 12.1 Å². The molecule has 0 unspecified atom stereocenters. The van der Waals surface area contributed by atoms with E-state index >= 15 is 4.39 Å². The van der Waals surface area contributed by atoms with Gasteiger partial charge in [0.05, 0.1) is 23.8 Å². The highest BCUT2D eigenvalue weighted by Crippen LogP contribution is 2.38. The maximum atomic E-state index is 15.4. The first-order valence-electron chi connectivity index (χ1n) is 11.8. The summed E-state index contributed by atoms with van der Waals surface area (Å²) >= 11 is 0. The number of aryl methyl sites for hydroxylation is 1. The summed E-state index contributed by atoms with van der Waals surface area (Å²) in [5.41, 5.74) is -2.92. The number of nitrogens with one attached hydrogen (secondary N) is 2. The minimum absolute atomic E-state index is 0.0480. The summed E-state index contributed by atoms with van der Waals surface area (Å²) < 4.78 is 88.8. The molecule has 6 nitrogen and oxygen atoms in total. The monoisotopic (exact) mass is 539 g/mol. The van der Waals surface area contributed by atoms with E-state index in [1.807, 2.05) is 0 Å². The van der Waals surface area contributed by atoms with Gasteiger partial charge in [-0.15, -0.1) is 0 Å². The van der Waals surface area contributed by atoms with Gasteiger partial charge in [-0.05, 0) is 31.4 Å². The Labute approximate surface area is 213 Å². The van der Waals surface area contributed by atoms with Crippen molar-refractivity contribution in [3.63, 3.8) is 0 Å². The Morgan fingerprint density at radius 1 is 1.11 bits per heavy atom. The first kappa shape index (κ1) is 27.4. The van der Waals surface area contributed by atoms with E-state index in [9.17, 15) is 31.5 Å². The average molecular weight is 539 g/mol. The van der Waals surface area contributed by atoms with Gasteiger partial charge < -0.3 is 15.0 Å². The first-order valence-corrected chi connectivity index (χ1v) is 11.8. The quantitative estimate of drug-likeness (QED) is 0.393. The summed E-state index contributed by atoms with van der Waals surface area (Å²) in [7, 11) is 0. The van der Waals surface area contributed by atoms with Crippen molar-refractivity contribution in [2.45, 2.75) is 51.6 Å². The molecule has 1 aliphatic carbocycles. The van der Waals surface area contributed by atoms with Crippen molar-refractivity contribution in [1.82, 2.24) is 15.3 Å². The Balaban J connectivity index is 1.42. The fourth-order valence-electron chi connectivity index (χ4n) is 4.14. The van der Waals surface area contributed by atoms with Crippen molar-refractivity contribution in [1.29, 1.82) is 0 Å². The number of hydrogen-bond acceptors (Lipinski definition) is 4. The van der Waals surface area contributed by atoms with Gasteiger partial charge in [0.15, 0.2) is 11.6 Å². The van der Waals surface area contributed by atoms with Crippen LogP contribution in [0.25, 0.3) is 11.4 Å². The van der Waals surface area contributed by atoms with Gasteiger partial charge in [-0.2, -0.15) is 13.2 Å². The minimum Gasteiger partial charge on any atom is -0.373 e. The van der Waals surface area contributed by atoms with Crippen LogP contribution in [0.5, 0.6) is 0 Å². The SMILES string of the molecule is CCc1cc(=O)[nH]c(-c2c(C(F)(F)F)ccc(CNC(=O)C3CC(OCc4cccc(F)c4F)C3)c2F)n1. The Morgan fingerprint density at radius 3 is 2.53 bits per heavy atom. The number of aromatic nitrogens is 2. The fourth-order valence-corrected chi connectivity index (χ4v) is 4.14. The molecule has 1 aromatic heterocycles. The molecule has 0 aliphatic heterocycles. The molecule has 0 radical (unpaired) electrons. The number of aromatic amines is 1. The lowest BCUT2D eigenvalue weighted by Crippen LogP contribution is -2.42. The Kier molecular flexibility index (Phi) is 7.91. The lowest BCUT2D eigenvalue weighted by molar-refractivity contribution is -0.137. The number of H-pyrrole nitrogens is 1. The summed E-state index contributed by atoms with van der Waals surface area (Å²) in [5, 5.41) is 2.51. The van der Waals surface area contributed by atoms with Crippen LogP contribution in [0.15, 0.2) is 41.2 Å². The predicted octanol–water partition coefficient (Wildman–Crippen LogP) is 5.05. The van der Waals surface area contributed by atoms with Crippen molar-refractivity contribution >= 4 is 5.91 Å². The standard InChI is InChI=1S/C26H23F6N3O3/c1-2-16-10-20(36)35-24(34-16)21-18(26(30,31)32)7-6-13(23(21)29)11-33-25(37)15-8-17(9-15)38-12-14-4-3-5-19(27)22(14)28/h3-7,10,15,17H,2,8-9,11-12H2,1H3,(H,33,37)(H,34,35,36). The van der Waals surface area contributed by atoms with E-state index in [1.54, 1.807) is 6.92 Å². The van der Waals surface area contributed by atoms with Crippen molar-refractivity contribution < 1.29 is 35.9 Å². The van der Waals surface area contributed by atoms with Crippen LogP contribution in [0.3, 0.4) is 0 Å². The van der Waals surface area contributed by atoms with Gasteiger partial charge in [0.1, 0.15) is 11.6 Å². The number of nitrogens with zero attached hydrogens (tertiary/aromatic N) is 1. The maximum Gasteiger partial charge on any atom is 0.417 e. The molecule has 1 saturated carbocycles. The van der Waals surface area contributed by atoms with E-state index in [0.717, 1.165) is 18.2 Å². The highest BCUT2D eigenvalue weighted by atomic mass is 19.4. The Hall–Kier alpha value is -3.67. The zero-order chi connectivity index (χ0) is 27.6. The van der Waals surface area contributed by atoms with Gasteiger partial charge in [-0.3, -0.25) is 9.59 Å². The van der Waals surface area contributed by atoms with Crippen LogP contribution in [-0.4, -0.2) is 22.0 Å². The molecule has 2 aromatic carbocycles. The normalized spacial score (nSPS) is 17.2. The maximum absolute atomic E-state index is 15.4. The van der Waals surface area contributed by atoms with Gasteiger partial charge >= 0.3 is 6.18 Å². The number of amides is 1. The van der Waals surface area contributed by atoms with Crippen LogP contribution in [0.1, 0.15) is 42.1 Å². The molecule has 1 fully saturated rings. The smallest absolute Gasteiger partial charge is 0.373 e. The molecule has 3 aromatic rings. The molecular weight excluding hydrogens is 516 g/mol. The number of carbonyl (C=O) groups is 1. The van der Waals surface area contributed by atoms with E-state index in [0.29, 0.717) is 18.9 Å². The molecule has 0 bridgehead atoms. The van der Waals surface area contributed by atoms with E-state index in [4.69, 9.17) is 4.74 Å². The van der Waals surface area contributed by atoms with Gasteiger partial charge in [0, 0.05) is 35.3 Å². The second-order valence-corrected chi connectivity index (χ2v) is 8.93. The molecule has 0 saturated heterocycles. The number of alkyl halides is 3. The van der Waals surface area contributed by atoms with Crippen molar-refractivity contribution in [2.75, 3.05) is 0 Å². The molecule has 1 aliphatic rings. The molecule has 4 rings (SSSR count). The molecular formula is C26H23F6N3O3. The minimum atomic E-state index is -4.92. The van der Waals surface area contributed by atoms with Crippen LogP contribution in [0, 0.1) is 23.4 Å².